The summed E-state index contributed by atoms with van der Waals surface area (Å²) in [6, 6.07) is 5.15. The van der Waals surface area contributed by atoms with Gasteiger partial charge < -0.3 is 14.8 Å². The molecule has 0 heterocycles. The maximum atomic E-state index is 13.6. The molecule has 0 aromatic heterocycles. The highest BCUT2D eigenvalue weighted by molar-refractivity contribution is 5.30. The number of halogens is 1. The average molecular weight is 241 g/mol. The van der Waals surface area contributed by atoms with E-state index in [0.29, 0.717) is 19.0 Å². The lowest BCUT2D eigenvalue weighted by Gasteiger charge is -2.15. The second kappa shape index (κ2) is 7.25. The van der Waals surface area contributed by atoms with Gasteiger partial charge in [-0.25, -0.2) is 4.39 Å². The molecular weight excluding hydrogens is 221 g/mol. The fraction of sp³-hybridized carbons (Fsp3) is 0.538. The van der Waals surface area contributed by atoms with E-state index in [9.17, 15) is 4.39 Å². The Morgan fingerprint density at radius 3 is 2.76 bits per heavy atom. The molecule has 0 fully saturated rings. The average Bonchev–Trinajstić information content (AvgIpc) is 2.32. The molecule has 1 aromatic rings. The smallest absolute Gasteiger partial charge is 0.165 e. The molecule has 0 spiro atoms. The van der Waals surface area contributed by atoms with Gasteiger partial charge in [-0.15, -0.1) is 0 Å². The molecule has 17 heavy (non-hydrogen) atoms. The zero-order valence-corrected chi connectivity index (χ0v) is 10.6. The molecule has 1 rings (SSSR count). The van der Waals surface area contributed by atoms with Gasteiger partial charge in [0.2, 0.25) is 0 Å². The van der Waals surface area contributed by atoms with Gasteiger partial charge in [0.15, 0.2) is 11.6 Å². The molecule has 0 unspecified atom stereocenters. The Balaban J connectivity index is 2.62. The van der Waals surface area contributed by atoms with E-state index >= 15 is 0 Å². The van der Waals surface area contributed by atoms with Crippen LogP contribution in [0.3, 0.4) is 0 Å². The predicted octanol–water partition coefficient (Wildman–Crippen LogP) is 2.52. The van der Waals surface area contributed by atoms with E-state index < -0.39 is 0 Å². The third-order valence-electron chi connectivity index (χ3n) is 2.51. The summed E-state index contributed by atoms with van der Waals surface area (Å²) >= 11 is 0. The van der Waals surface area contributed by atoms with Crippen LogP contribution in [0.5, 0.6) is 5.75 Å². The Kier molecular flexibility index (Phi) is 5.94. The maximum Gasteiger partial charge on any atom is 0.165 e. The second-order valence-electron chi connectivity index (χ2n) is 3.79. The first-order valence-electron chi connectivity index (χ1n) is 5.83. The van der Waals surface area contributed by atoms with Crippen molar-refractivity contribution in [3.63, 3.8) is 0 Å². The predicted molar refractivity (Wildman–Crippen MR) is 65.9 cm³/mol. The lowest BCUT2D eigenvalue weighted by Crippen LogP contribution is -2.22. The molecule has 0 saturated heterocycles. The SMILES string of the molecule is CCOc1ccc([C@@H](C)NCCOC)cc1F. The summed E-state index contributed by atoms with van der Waals surface area (Å²) in [5.74, 6) is -0.00918. The highest BCUT2D eigenvalue weighted by Gasteiger charge is 2.09. The molecule has 0 bridgehead atoms. The summed E-state index contributed by atoms with van der Waals surface area (Å²) in [6.07, 6.45) is 0. The molecule has 1 N–H and O–H groups in total. The van der Waals surface area contributed by atoms with Gasteiger partial charge in [-0.3, -0.25) is 0 Å². The van der Waals surface area contributed by atoms with Crippen molar-refractivity contribution in [3.05, 3.63) is 29.6 Å². The molecule has 96 valence electrons. The van der Waals surface area contributed by atoms with Crippen LogP contribution >= 0.6 is 0 Å². The molecular formula is C13H20FNO2. The molecule has 0 amide bonds. The molecule has 0 saturated carbocycles. The van der Waals surface area contributed by atoms with Crippen LogP contribution in [0.1, 0.15) is 25.5 Å². The van der Waals surface area contributed by atoms with Crippen LogP contribution in [-0.4, -0.2) is 26.9 Å². The van der Waals surface area contributed by atoms with Crippen molar-refractivity contribution in [2.24, 2.45) is 0 Å². The fourth-order valence-electron chi connectivity index (χ4n) is 1.55. The van der Waals surface area contributed by atoms with E-state index in [0.717, 1.165) is 12.1 Å². The van der Waals surface area contributed by atoms with E-state index in [4.69, 9.17) is 9.47 Å². The fourth-order valence-corrected chi connectivity index (χ4v) is 1.55. The second-order valence-corrected chi connectivity index (χ2v) is 3.79. The van der Waals surface area contributed by atoms with E-state index in [2.05, 4.69) is 5.32 Å². The van der Waals surface area contributed by atoms with Crippen LogP contribution < -0.4 is 10.1 Å². The van der Waals surface area contributed by atoms with Gasteiger partial charge in [0.1, 0.15) is 0 Å². The van der Waals surface area contributed by atoms with Crippen molar-refractivity contribution in [3.8, 4) is 5.75 Å². The number of hydrogen-bond donors (Lipinski definition) is 1. The summed E-state index contributed by atoms with van der Waals surface area (Å²) < 4.78 is 23.7. The molecule has 3 nitrogen and oxygen atoms in total. The lowest BCUT2D eigenvalue weighted by molar-refractivity contribution is 0.196. The number of methoxy groups -OCH3 is 1. The molecule has 0 aliphatic rings. The number of rotatable bonds is 7. The maximum absolute atomic E-state index is 13.6. The van der Waals surface area contributed by atoms with Gasteiger partial charge >= 0.3 is 0 Å². The third-order valence-corrected chi connectivity index (χ3v) is 2.51. The first kappa shape index (κ1) is 13.9. The van der Waals surface area contributed by atoms with E-state index in [1.807, 2.05) is 19.9 Å². The summed E-state index contributed by atoms with van der Waals surface area (Å²) in [5.41, 5.74) is 0.905. The lowest BCUT2D eigenvalue weighted by atomic mass is 10.1. The summed E-state index contributed by atoms with van der Waals surface area (Å²) in [5, 5.41) is 3.25. The Hall–Kier alpha value is -1.13. The number of benzene rings is 1. The largest absolute Gasteiger partial charge is 0.491 e. The van der Waals surface area contributed by atoms with Crippen LogP contribution in [0.2, 0.25) is 0 Å². The first-order valence-corrected chi connectivity index (χ1v) is 5.83. The van der Waals surface area contributed by atoms with E-state index in [-0.39, 0.29) is 11.9 Å². The van der Waals surface area contributed by atoms with Crippen LogP contribution in [0.4, 0.5) is 4.39 Å². The van der Waals surface area contributed by atoms with Crippen molar-refractivity contribution in [1.82, 2.24) is 5.32 Å². The van der Waals surface area contributed by atoms with Crippen molar-refractivity contribution in [2.75, 3.05) is 26.9 Å². The Labute approximate surface area is 102 Å². The third kappa shape index (κ3) is 4.32. The van der Waals surface area contributed by atoms with Crippen LogP contribution in [0, 0.1) is 5.82 Å². The summed E-state index contributed by atoms with van der Waals surface area (Å²) in [6.45, 7) is 5.68. The molecule has 1 atom stereocenters. The number of hydrogen-bond acceptors (Lipinski definition) is 3. The standard InChI is InChI=1S/C13H20FNO2/c1-4-17-13-6-5-11(9-12(13)14)10(2)15-7-8-16-3/h5-6,9-10,15H,4,7-8H2,1-3H3/t10-/m1/s1. The van der Waals surface area contributed by atoms with Crippen molar-refractivity contribution >= 4 is 0 Å². The molecule has 0 radical (unpaired) electrons. The minimum absolute atomic E-state index is 0.0929. The van der Waals surface area contributed by atoms with Crippen molar-refractivity contribution in [1.29, 1.82) is 0 Å². The molecule has 4 heteroatoms. The topological polar surface area (TPSA) is 30.5 Å². The summed E-state index contributed by atoms with van der Waals surface area (Å²) in [7, 11) is 1.66. The van der Waals surface area contributed by atoms with Gasteiger partial charge in [-0.2, -0.15) is 0 Å². The Bertz CT molecular complexity index is 344. The quantitative estimate of drug-likeness (QED) is 0.744. The van der Waals surface area contributed by atoms with Crippen LogP contribution in [0.15, 0.2) is 18.2 Å². The minimum Gasteiger partial charge on any atom is -0.491 e. The van der Waals surface area contributed by atoms with Gasteiger partial charge in [0.25, 0.3) is 0 Å². The molecule has 1 aromatic carbocycles. The minimum atomic E-state index is -0.315. The summed E-state index contributed by atoms with van der Waals surface area (Å²) in [4.78, 5) is 0. The Morgan fingerprint density at radius 2 is 2.18 bits per heavy atom. The number of nitrogens with one attached hydrogen (secondary N) is 1. The van der Waals surface area contributed by atoms with Gasteiger partial charge in [0, 0.05) is 19.7 Å². The molecule has 0 aliphatic carbocycles. The van der Waals surface area contributed by atoms with Crippen LogP contribution in [0.25, 0.3) is 0 Å². The molecule has 0 aliphatic heterocycles. The first-order chi connectivity index (χ1) is 8.19. The highest BCUT2D eigenvalue weighted by Crippen LogP contribution is 2.21. The van der Waals surface area contributed by atoms with Crippen LogP contribution in [-0.2, 0) is 4.74 Å². The zero-order valence-electron chi connectivity index (χ0n) is 10.6. The monoisotopic (exact) mass is 241 g/mol. The van der Waals surface area contributed by atoms with Crippen molar-refractivity contribution in [2.45, 2.75) is 19.9 Å². The highest BCUT2D eigenvalue weighted by atomic mass is 19.1. The normalized spacial score (nSPS) is 12.5. The Morgan fingerprint density at radius 1 is 1.41 bits per heavy atom. The van der Waals surface area contributed by atoms with Gasteiger partial charge in [-0.1, -0.05) is 6.07 Å². The van der Waals surface area contributed by atoms with E-state index in [1.165, 1.54) is 6.07 Å². The van der Waals surface area contributed by atoms with Gasteiger partial charge in [-0.05, 0) is 31.5 Å². The van der Waals surface area contributed by atoms with Crippen molar-refractivity contribution < 1.29 is 13.9 Å². The van der Waals surface area contributed by atoms with E-state index in [1.54, 1.807) is 13.2 Å². The zero-order chi connectivity index (χ0) is 12.7. The van der Waals surface area contributed by atoms with Gasteiger partial charge in [0.05, 0.1) is 13.2 Å². The number of ether oxygens (including phenoxy) is 2.